The minimum atomic E-state index is -2.13. The topological polar surface area (TPSA) is 112 Å². The molecular formula is C19H31FN2O7Si. The van der Waals surface area contributed by atoms with Gasteiger partial charge in [-0.15, -0.1) is 0 Å². The predicted molar refractivity (Wildman–Crippen MR) is 108 cm³/mol. The Morgan fingerprint density at radius 1 is 1.27 bits per heavy atom. The summed E-state index contributed by atoms with van der Waals surface area (Å²) in [5.74, 6) is -2.14. The van der Waals surface area contributed by atoms with Crippen LogP contribution >= 0.6 is 0 Å². The number of ether oxygens (including phenoxy) is 3. The van der Waals surface area contributed by atoms with Gasteiger partial charge in [0.15, 0.2) is 20.3 Å². The van der Waals surface area contributed by atoms with Gasteiger partial charge in [0, 0.05) is 0 Å². The van der Waals surface area contributed by atoms with Crippen molar-refractivity contribution in [3.8, 4) is 0 Å². The van der Waals surface area contributed by atoms with Gasteiger partial charge in [-0.05, 0) is 32.0 Å². The van der Waals surface area contributed by atoms with E-state index in [1.54, 1.807) is 13.8 Å². The maximum absolute atomic E-state index is 13.8. The van der Waals surface area contributed by atoms with Crippen LogP contribution in [-0.4, -0.2) is 59.8 Å². The van der Waals surface area contributed by atoms with Crippen molar-refractivity contribution in [3.63, 3.8) is 0 Å². The highest BCUT2D eigenvalue weighted by atomic mass is 28.4. The summed E-state index contributed by atoms with van der Waals surface area (Å²) in [6, 6.07) is 0. The minimum absolute atomic E-state index is 0.0364. The monoisotopic (exact) mass is 446 g/mol. The van der Waals surface area contributed by atoms with Crippen LogP contribution in [0.25, 0.3) is 0 Å². The van der Waals surface area contributed by atoms with Crippen molar-refractivity contribution >= 4 is 8.32 Å². The van der Waals surface area contributed by atoms with E-state index in [9.17, 15) is 19.1 Å². The van der Waals surface area contributed by atoms with Gasteiger partial charge in [-0.1, -0.05) is 20.8 Å². The molecule has 0 spiro atoms. The summed E-state index contributed by atoms with van der Waals surface area (Å²) in [5.41, 5.74) is -2.04. The molecule has 1 aromatic rings. The fourth-order valence-corrected chi connectivity index (χ4v) is 4.40. The molecule has 0 saturated carbocycles. The zero-order valence-corrected chi connectivity index (χ0v) is 19.4. The van der Waals surface area contributed by atoms with Crippen LogP contribution in [0.5, 0.6) is 0 Å². The molecule has 9 nitrogen and oxygen atoms in total. The average molecular weight is 447 g/mol. The van der Waals surface area contributed by atoms with E-state index in [1.165, 1.54) is 0 Å². The lowest BCUT2D eigenvalue weighted by atomic mass is 9.98. The Morgan fingerprint density at radius 3 is 2.47 bits per heavy atom. The Bertz CT molecular complexity index is 907. The summed E-state index contributed by atoms with van der Waals surface area (Å²) in [5, 5.41) is 10.8. The van der Waals surface area contributed by atoms with Crippen molar-refractivity contribution < 1.29 is 28.1 Å². The van der Waals surface area contributed by atoms with Crippen molar-refractivity contribution in [3.05, 3.63) is 32.9 Å². The largest absolute Gasteiger partial charge is 0.414 e. The third kappa shape index (κ3) is 4.32. The van der Waals surface area contributed by atoms with Crippen LogP contribution in [0.2, 0.25) is 18.1 Å². The van der Waals surface area contributed by atoms with Gasteiger partial charge in [-0.2, -0.15) is 4.39 Å². The molecule has 170 valence electrons. The van der Waals surface area contributed by atoms with Crippen LogP contribution in [0.4, 0.5) is 4.39 Å². The molecule has 2 N–H and O–H groups in total. The number of aliphatic hydroxyl groups excluding tert-OH is 1. The molecule has 3 rings (SSSR count). The quantitative estimate of drug-likeness (QED) is 0.674. The molecular weight excluding hydrogens is 415 g/mol. The third-order valence-corrected chi connectivity index (χ3v) is 10.6. The maximum atomic E-state index is 13.8. The number of aromatic nitrogens is 2. The van der Waals surface area contributed by atoms with Gasteiger partial charge in [-0.25, -0.2) is 4.79 Å². The van der Waals surface area contributed by atoms with Crippen molar-refractivity contribution in [2.75, 3.05) is 6.61 Å². The molecule has 0 unspecified atom stereocenters. The fourth-order valence-electron chi connectivity index (χ4n) is 3.39. The maximum Gasteiger partial charge on any atom is 0.330 e. The van der Waals surface area contributed by atoms with Crippen LogP contribution in [-0.2, 0) is 18.6 Å². The lowest BCUT2D eigenvalue weighted by Gasteiger charge is -2.43. The van der Waals surface area contributed by atoms with Gasteiger partial charge in [-0.3, -0.25) is 14.3 Å². The lowest BCUT2D eigenvalue weighted by Crippen LogP contribution is -2.58. The number of halogens is 1. The second-order valence-corrected chi connectivity index (χ2v) is 14.6. The highest BCUT2D eigenvalue weighted by Crippen LogP contribution is 2.42. The fraction of sp³-hybridized carbons (Fsp3) is 0.789. The Kier molecular flexibility index (Phi) is 5.93. The summed E-state index contributed by atoms with van der Waals surface area (Å²) < 4.78 is 38.8. The van der Waals surface area contributed by atoms with Gasteiger partial charge in [0.2, 0.25) is 5.82 Å². The van der Waals surface area contributed by atoms with Gasteiger partial charge < -0.3 is 23.7 Å². The summed E-state index contributed by atoms with van der Waals surface area (Å²) >= 11 is 0. The van der Waals surface area contributed by atoms with Crippen LogP contribution < -0.4 is 11.2 Å². The van der Waals surface area contributed by atoms with E-state index in [4.69, 9.17) is 18.6 Å². The smallest absolute Gasteiger partial charge is 0.330 e. The molecule has 0 radical (unpaired) electrons. The number of rotatable bonds is 4. The molecule has 2 aliphatic rings. The molecule has 0 bridgehead atoms. The minimum Gasteiger partial charge on any atom is -0.414 e. The van der Waals surface area contributed by atoms with Crippen molar-refractivity contribution in [1.82, 2.24) is 9.55 Å². The molecule has 0 aliphatic carbocycles. The Morgan fingerprint density at radius 2 is 1.87 bits per heavy atom. The molecule has 5 atom stereocenters. The number of aromatic amines is 1. The molecule has 11 heteroatoms. The number of nitrogens with one attached hydrogen (secondary N) is 1. The first kappa shape index (κ1) is 23.3. The third-order valence-electron chi connectivity index (χ3n) is 6.09. The molecule has 0 aromatic carbocycles. The first-order valence-electron chi connectivity index (χ1n) is 9.97. The van der Waals surface area contributed by atoms with Crippen LogP contribution in [0.15, 0.2) is 15.8 Å². The standard InChI is InChI=1S/C19H31FN2O7Si/c1-18(2,3)30(6,7)26-9-11-13-14(29-19(4,5)28-13)12(23)16(27-11)22-8-10(20)15(24)21-17(22)25/h8,11-14,16,23H,9H2,1-7H3,(H,21,24,25)/t11-,12-,13+,14-,16-/m1/s1. The van der Waals surface area contributed by atoms with E-state index in [0.29, 0.717) is 0 Å². The Labute approximate surface area is 175 Å². The van der Waals surface area contributed by atoms with Crippen molar-refractivity contribution in [2.45, 2.75) is 89.2 Å². The number of hydrogen-bond acceptors (Lipinski definition) is 7. The number of fused-ring (bicyclic) bond motifs is 1. The summed E-state index contributed by atoms with van der Waals surface area (Å²) in [6.07, 6.45) is -4.03. The molecule has 0 amide bonds. The zero-order chi connectivity index (χ0) is 22.6. The zero-order valence-electron chi connectivity index (χ0n) is 18.4. The average Bonchev–Trinajstić information content (AvgIpc) is 2.93. The molecule has 2 aliphatic heterocycles. The molecule has 30 heavy (non-hydrogen) atoms. The molecule has 2 saturated heterocycles. The summed E-state index contributed by atoms with van der Waals surface area (Å²) in [6.45, 7) is 14.1. The normalized spacial score (nSPS) is 31.6. The highest BCUT2D eigenvalue weighted by Gasteiger charge is 2.56. The van der Waals surface area contributed by atoms with E-state index in [1.807, 2.05) is 4.98 Å². The number of hydrogen-bond donors (Lipinski definition) is 2. The number of aliphatic hydroxyl groups is 1. The first-order chi connectivity index (χ1) is 13.6. The molecule has 3 heterocycles. The predicted octanol–water partition coefficient (Wildman–Crippen LogP) is 1.48. The van der Waals surface area contributed by atoms with E-state index >= 15 is 0 Å². The van der Waals surface area contributed by atoms with Crippen LogP contribution in [0.3, 0.4) is 0 Å². The van der Waals surface area contributed by atoms with E-state index in [-0.39, 0.29) is 11.6 Å². The number of nitrogens with zero attached hydrogens (tertiary/aromatic N) is 1. The van der Waals surface area contributed by atoms with Crippen molar-refractivity contribution in [1.29, 1.82) is 0 Å². The number of H-pyrrole nitrogens is 1. The Hall–Kier alpha value is -1.37. The lowest BCUT2D eigenvalue weighted by molar-refractivity contribution is -0.222. The van der Waals surface area contributed by atoms with E-state index < -0.39 is 61.8 Å². The first-order valence-corrected chi connectivity index (χ1v) is 12.9. The summed E-state index contributed by atoms with van der Waals surface area (Å²) in [4.78, 5) is 25.5. The second kappa shape index (κ2) is 7.64. The van der Waals surface area contributed by atoms with E-state index in [0.717, 1.165) is 10.8 Å². The Balaban J connectivity index is 1.93. The van der Waals surface area contributed by atoms with Crippen LogP contribution in [0, 0.1) is 5.82 Å². The van der Waals surface area contributed by atoms with Crippen LogP contribution in [0.1, 0.15) is 40.8 Å². The van der Waals surface area contributed by atoms with Gasteiger partial charge in [0.25, 0.3) is 5.56 Å². The molecule has 2 fully saturated rings. The van der Waals surface area contributed by atoms with Gasteiger partial charge in [0.05, 0.1) is 12.8 Å². The van der Waals surface area contributed by atoms with Crippen molar-refractivity contribution in [2.24, 2.45) is 0 Å². The summed E-state index contributed by atoms with van der Waals surface area (Å²) in [7, 11) is -2.13. The van der Waals surface area contributed by atoms with Gasteiger partial charge in [0.1, 0.15) is 24.4 Å². The highest BCUT2D eigenvalue weighted by molar-refractivity contribution is 6.74. The SMILES string of the molecule is CC1(C)O[C@@H]2[C@@H](O)[C@H](n3cc(F)c(=O)[nH]c3=O)O[C@H](CO[Si](C)(C)C(C)(C)C)[C@@H]2O1. The van der Waals surface area contributed by atoms with Gasteiger partial charge >= 0.3 is 5.69 Å². The molecule has 1 aromatic heterocycles. The second-order valence-electron chi connectivity index (χ2n) is 9.84. The van der Waals surface area contributed by atoms with E-state index in [2.05, 4.69) is 33.9 Å².